The molecule has 2 aromatic rings. The Labute approximate surface area is 158 Å². The number of aromatic hydroxyl groups is 1. The lowest BCUT2D eigenvalue weighted by atomic mass is 9.61. The van der Waals surface area contributed by atoms with Crippen LogP contribution in [0.25, 0.3) is 11.5 Å². The zero-order valence-corrected chi connectivity index (χ0v) is 15.0. The van der Waals surface area contributed by atoms with E-state index < -0.39 is 17.4 Å². The molecule has 2 aliphatic carbocycles. The van der Waals surface area contributed by atoms with E-state index in [1.165, 1.54) is 30.6 Å². The monoisotopic (exact) mass is 395 g/mol. The Morgan fingerprint density at radius 1 is 1.33 bits per heavy atom. The molecule has 0 spiro atoms. The van der Waals surface area contributed by atoms with E-state index in [-0.39, 0.29) is 28.7 Å². The molecule has 0 amide bonds. The van der Waals surface area contributed by atoms with E-state index in [1.54, 1.807) is 6.92 Å². The van der Waals surface area contributed by atoms with E-state index in [0.29, 0.717) is 24.4 Å². The first-order chi connectivity index (χ1) is 12.9. The van der Waals surface area contributed by atoms with Crippen LogP contribution in [-0.4, -0.2) is 32.5 Å². The first kappa shape index (κ1) is 17.9. The lowest BCUT2D eigenvalue weighted by molar-refractivity contribution is -0.0298. The van der Waals surface area contributed by atoms with Gasteiger partial charge in [-0.25, -0.2) is 18.7 Å². The Bertz CT molecular complexity index is 909. The minimum atomic E-state index is -1.47. The molecule has 6 nitrogen and oxygen atoms in total. The predicted octanol–water partition coefficient (Wildman–Crippen LogP) is 4.33. The number of nitrogens with zero attached hydrogens (tertiary/aromatic N) is 3. The van der Waals surface area contributed by atoms with Crippen molar-refractivity contribution >= 4 is 11.6 Å². The van der Waals surface area contributed by atoms with E-state index in [0.717, 1.165) is 0 Å². The van der Waals surface area contributed by atoms with Crippen LogP contribution < -0.4 is 4.74 Å². The standard InChI is InChI=1S/C18H16ClF2N3O3/c1-18(14(20)4-10(19)5-15(18)21)9-2-11(3-9)26-17-8-22-12(7-23-17)13-6-16(25)24-27-13/h4-9,11,14H,2-3H2,1H3,(H,24,25)/t9-,11+,14?,18?. The minimum Gasteiger partial charge on any atom is -0.491 e. The van der Waals surface area contributed by atoms with Gasteiger partial charge in [-0.1, -0.05) is 11.6 Å². The highest BCUT2D eigenvalue weighted by Gasteiger charge is 2.52. The highest BCUT2D eigenvalue weighted by atomic mass is 35.5. The van der Waals surface area contributed by atoms with Crippen molar-refractivity contribution in [1.29, 1.82) is 0 Å². The summed E-state index contributed by atoms with van der Waals surface area (Å²) in [7, 11) is 0. The molecule has 2 aliphatic rings. The molecular formula is C18H16ClF2N3O3. The van der Waals surface area contributed by atoms with E-state index in [9.17, 15) is 13.9 Å². The molecule has 142 valence electrons. The Hall–Kier alpha value is -2.48. The zero-order chi connectivity index (χ0) is 19.2. The van der Waals surface area contributed by atoms with Crippen LogP contribution in [0, 0.1) is 11.3 Å². The van der Waals surface area contributed by atoms with E-state index >= 15 is 0 Å². The van der Waals surface area contributed by atoms with Crippen molar-refractivity contribution in [3.8, 4) is 23.2 Å². The molecule has 0 aliphatic heterocycles. The molecule has 4 rings (SSSR count). The molecular weight excluding hydrogens is 380 g/mol. The van der Waals surface area contributed by atoms with Crippen LogP contribution >= 0.6 is 11.6 Å². The third-order valence-electron chi connectivity index (χ3n) is 5.27. The summed E-state index contributed by atoms with van der Waals surface area (Å²) in [6.45, 7) is 1.58. The summed E-state index contributed by atoms with van der Waals surface area (Å²) in [5.74, 6) is -0.393. The molecule has 1 N–H and O–H groups in total. The molecule has 0 bridgehead atoms. The van der Waals surface area contributed by atoms with Gasteiger partial charge < -0.3 is 14.4 Å². The molecule has 0 saturated heterocycles. The number of aromatic nitrogens is 3. The second-order valence-corrected chi connectivity index (χ2v) is 7.36. The van der Waals surface area contributed by atoms with Crippen molar-refractivity contribution in [2.45, 2.75) is 32.0 Å². The molecule has 27 heavy (non-hydrogen) atoms. The van der Waals surface area contributed by atoms with E-state index in [1.807, 2.05) is 0 Å². The average molecular weight is 396 g/mol. The van der Waals surface area contributed by atoms with Crippen molar-refractivity contribution < 1.29 is 23.1 Å². The summed E-state index contributed by atoms with van der Waals surface area (Å²) < 4.78 is 39.4. The maximum absolute atomic E-state index is 14.4. The van der Waals surface area contributed by atoms with Crippen LogP contribution in [0.15, 0.2) is 46.0 Å². The molecule has 2 aromatic heterocycles. The topological polar surface area (TPSA) is 81.3 Å². The molecule has 2 heterocycles. The van der Waals surface area contributed by atoms with Gasteiger partial charge in [-0.05, 0) is 43.0 Å². The van der Waals surface area contributed by atoms with Crippen LogP contribution in [0.5, 0.6) is 11.8 Å². The van der Waals surface area contributed by atoms with Crippen LogP contribution in [0.1, 0.15) is 19.8 Å². The zero-order valence-electron chi connectivity index (χ0n) is 14.3. The highest BCUT2D eigenvalue weighted by molar-refractivity contribution is 6.31. The largest absolute Gasteiger partial charge is 0.491 e. The van der Waals surface area contributed by atoms with Gasteiger partial charge in [-0.2, -0.15) is 0 Å². The van der Waals surface area contributed by atoms with Gasteiger partial charge in [0, 0.05) is 5.03 Å². The average Bonchev–Trinajstić information content (AvgIpc) is 3.02. The molecule has 1 fully saturated rings. The molecule has 9 heteroatoms. The summed E-state index contributed by atoms with van der Waals surface area (Å²) in [6.07, 6.45) is 4.61. The quantitative estimate of drug-likeness (QED) is 0.829. The predicted molar refractivity (Wildman–Crippen MR) is 92.5 cm³/mol. The third kappa shape index (κ3) is 3.18. The number of alkyl halides is 1. The molecule has 0 radical (unpaired) electrons. The molecule has 1 saturated carbocycles. The van der Waals surface area contributed by atoms with Crippen molar-refractivity contribution in [2.24, 2.45) is 11.3 Å². The summed E-state index contributed by atoms with van der Waals surface area (Å²) in [5, 5.41) is 12.6. The van der Waals surface area contributed by atoms with Crippen molar-refractivity contribution in [3.05, 3.63) is 41.5 Å². The fourth-order valence-corrected chi connectivity index (χ4v) is 3.61. The number of halogens is 3. The van der Waals surface area contributed by atoms with Crippen LogP contribution in [0.3, 0.4) is 0 Å². The Morgan fingerprint density at radius 3 is 2.70 bits per heavy atom. The van der Waals surface area contributed by atoms with Crippen LogP contribution in [-0.2, 0) is 0 Å². The lowest BCUT2D eigenvalue weighted by Crippen LogP contribution is -2.48. The van der Waals surface area contributed by atoms with Gasteiger partial charge in [0.1, 0.15) is 23.8 Å². The van der Waals surface area contributed by atoms with Gasteiger partial charge in [0.25, 0.3) is 5.88 Å². The Morgan fingerprint density at radius 2 is 2.11 bits per heavy atom. The highest BCUT2D eigenvalue weighted by Crippen LogP contribution is 2.53. The summed E-state index contributed by atoms with van der Waals surface area (Å²) in [6, 6.07) is 1.32. The fraction of sp³-hybridized carbons (Fsp3) is 0.389. The van der Waals surface area contributed by atoms with Gasteiger partial charge in [-0.15, -0.1) is 0 Å². The number of hydrogen-bond acceptors (Lipinski definition) is 6. The second-order valence-electron chi connectivity index (χ2n) is 6.93. The van der Waals surface area contributed by atoms with Crippen molar-refractivity contribution in [2.75, 3.05) is 0 Å². The van der Waals surface area contributed by atoms with E-state index in [4.69, 9.17) is 20.9 Å². The second kappa shape index (κ2) is 6.60. The maximum Gasteiger partial charge on any atom is 0.252 e. The van der Waals surface area contributed by atoms with Gasteiger partial charge in [0.15, 0.2) is 5.76 Å². The number of ether oxygens (including phenoxy) is 1. The van der Waals surface area contributed by atoms with Gasteiger partial charge in [0.2, 0.25) is 5.88 Å². The van der Waals surface area contributed by atoms with Crippen LogP contribution in [0.4, 0.5) is 8.78 Å². The molecule has 2 atom stereocenters. The lowest BCUT2D eigenvalue weighted by Gasteiger charge is -2.47. The first-order valence-electron chi connectivity index (χ1n) is 8.40. The van der Waals surface area contributed by atoms with E-state index in [2.05, 4.69) is 15.1 Å². The number of allylic oxidation sites excluding steroid dienone is 4. The Balaban J connectivity index is 1.37. The van der Waals surface area contributed by atoms with Crippen molar-refractivity contribution in [3.63, 3.8) is 0 Å². The number of hydrogen-bond donors (Lipinski definition) is 1. The summed E-state index contributed by atoms with van der Waals surface area (Å²) in [4.78, 5) is 8.29. The maximum atomic E-state index is 14.4. The summed E-state index contributed by atoms with van der Waals surface area (Å²) in [5.41, 5.74) is -0.824. The van der Waals surface area contributed by atoms with Gasteiger partial charge >= 0.3 is 0 Å². The fourth-order valence-electron chi connectivity index (χ4n) is 3.40. The normalized spacial score (nSPS) is 30.3. The minimum absolute atomic E-state index is 0.0834. The third-order valence-corrected chi connectivity index (χ3v) is 5.50. The molecule has 2 unspecified atom stereocenters. The Kier molecular flexibility index (Phi) is 4.38. The SMILES string of the molecule is CC1([C@H]2C[C@@H](Oc3cnc(-c4cc(O)no4)cn3)C2)C(F)=CC(Cl)=CC1F. The summed E-state index contributed by atoms with van der Waals surface area (Å²) >= 11 is 5.73. The van der Waals surface area contributed by atoms with Crippen molar-refractivity contribution in [1.82, 2.24) is 15.1 Å². The molecule has 0 aromatic carbocycles. The van der Waals surface area contributed by atoms with Gasteiger partial charge in [-0.3, -0.25) is 0 Å². The van der Waals surface area contributed by atoms with Gasteiger partial charge in [0.05, 0.1) is 23.9 Å². The number of rotatable bonds is 4. The first-order valence-corrected chi connectivity index (χ1v) is 8.78. The smallest absolute Gasteiger partial charge is 0.252 e. The van der Waals surface area contributed by atoms with Crippen LogP contribution in [0.2, 0.25) is 0 Å².